The second kappa shape index (κ2) is 4.98. The Balaban J connectivity index is 2.28. The van der Waals surface area contributed by atoms with Crippen molar-refractivity contribution in [2.75, 3.05) is 5.73 Å². The maximum Gasteiger partial charge on any atom is 0.230 e. The highest BCUT2D eigenvalue weighted by Gasteiger charge is 2.22. The molecular formula is C15H10ClFN2O. The fraction of sp³-hybridized carbons (Fsp3) is 0. The number of hydrogen-bond acceptors (Lipinski definition) is 3. The average Bonchev–Trinajstić information content (AvgIpc) is 2.82. The molecule has 1 aromatic heterocycles. The summed E-state index contributed by atoms with van der Waals surface area (Å²) < 4.78 is 19.1. The number of nitrogen functional groups attached to an aromatic ring is 1. The molecule has 0 amide bonds. The molecule has 0 radical (unpaired) electrons. The minimum Gasteiger partial charge on any atom is -0.367 e. The van der Waals surface area contributed by atoms with Gasteiger partial charge in [0, 0.05) is 11.1 Å². The number of hydrogen-bond donors (Lipinski definition) is 1. The van der Waals surface area contributed by atoms with Crippen LogP contribution in [0, 0.1) is 5.82 Å². The van der Waals surface area contributed by atoms with Crippen molar-refractivity contribution >= 4 is 17.5 Å². The van der Waals surface area contributed by atoms with E-state index in [1.54, 1.807) is 6.07 Å². The van der Waals surface area contributed by atoms with Gasteiger partial charge in [-0.05, 0) is 12.1 Å². The van der Waals surface area contributed by atoms with E-state index in [0.29, 0.717) is 11.3 Å². The topological polar surface area (TPSA) is 52.0 Å². The van der Waals surface area contributed by atoms with Crippen LogP contribution >= 0.6 is 11.6 Å². The van der Waals surface area contributed by atoms with Crippen LogP contribution in [0.1, 0.15) is 0 Å². The van der Waals surface area contributed by atoms with E-state index < -0.39 is 5.82 Å². The van der Waals surface area contributed by atoms with E-state index in [0.717, 1.165) is 5.56 Å². The molecule has 0 spiro atoms. The summed E-state index contributed by atoms with van der Waals surface area (Å²) in [7, 11) is 0. The van der Waals surface area contributed by atoms with Gasteiger partial charge >= 0.3 is 0 Å². The maximum absolute atomic E-state index is 14.1. The van der Waals surface area contributed by atoms with Gasteiger partial charge in [-0.15, -0.1) is 0 Å². The third-order valence-corrected chi connectivity index (χ3v) is 3.29. The molecule has 0 bridgehead atoms. The maximum atomic E-state index is 14.1. The molecule has 2 N–H and O–H groups in total. The number of halogens is 2. The van der Waals surface area contributed by atoms with Gasteiger partial charge in [-0.1, -0.05) is 53.2 Å². The van der Waals surface area contributed by atoms with Crippen LogP contribution in [0.25, 0.3) is 22.4 Å². The molecule has 0 aliphatic heterocycles. The van der Waals surface area contributed by atoms with Gasteiger partial charge in [0.1, 0.15) is 11.5 Å². The van der Waals surface area contributed by atoms with Crippen LogP contribution < -0.4 is 5.73 Å². The van der Waals surface area contributed by atoms with E-state index in [1.807, 2.05) is 30.3 Å². The normalized spacial score (nSPS) is 10.7. The lowest BCUT2D eigenvalue weighted by Crippen LogP contribution is -1.92. The van der Waals surface area contributed by atoms with E-state index in [-0.39, 0.29) is 16.5 Å². The Hall–Kier alpha value is -2.33. The molecule has 20 heavy (non-hydrogen) atoms. The molecule has 100 valence electrons. The van der Waals surface area contributed by atoms with Gasteiger partial charge in [-0.25, -0.2) is 4.39 Å². The lowest BCUT2D eigenvalue weighted by atomic mass is 10.0. The lowest BCUT2D eigenvalue weighted by Gasteiger charge is -2.06. The highest BCUT2D eigenvalue weighted by molar-refractivity contribution is 6.33. The summed E-state index contributed by atoms with van der Waals surface area (Å²) in [5, 5.41) is 4.18. The van der Waals surface area contributed by atoms with Crippen LogP contribution in [0.4, 0.5) is 10.3 Å². The number of anilines is 1. The van der Waals surface area contributed by atoms with Crippen molar-refractivity contribution in [2.24, 2.45) is 0 Å². The minimum absolute atomic E-state index is 0.0378. The Morgan fingerprint density at radius 3 is 2.45 bits per heavy atom. The molecule has 3 aromatic rings. The summed E-state index contributed by atoms with van der Waals surface area (Å²) in [6.45, 7) is 0. The molecule has 5 heteroatoms. The van der Waals surface area contributed by atoms with Crippen molar-refractivity contribution < 1.29 is 8.91 Å². The summed E-state index contributed by atoms with van der Waals surface area (Å²) in [5.74, 6) is -0.430. The van der Waals surface area contributed by atoms with E-state index in [1.165, 1.54) is 12.1 Å². The van der Waals surface area contributed by atoms with E-state index in [9.17, 15) is 4.39 Å². The molecule has 0 atom stereocenters. The highest BCUT2D eigenvalue weighted by Crippen LogP contribution is 2.40. The van der Waals surface area contributed by atoms with Crippen molar-refractivity contribution in [1.82, 2.24) is 5.16 Å². The van der Waals surface area contributed by atoms with E-state index >= 15 is 0 Å². The van der Waals surface area contributed by atoms with Crippen LogP contribution in [0.15, 0.2) is 53.1 Å². The van der Waals surface area contributed by atoms with Crippen molar-refractivity contribution in [3.63, 3.8) is 0 Å². The average molecular weight is 289 g/mol. The summed E-state index contributed by atoms with van der Waals surface area (Å²) in [6.07, 6.45) is 0. The first-order chi connectivity index (χ1) is 9.68. The summed E-state index contributed by atoms with van der Waals surface area (Å²) in [6, 6.07) is 13.7. The van der Waals surface area contributed by atoms with Gasteiger partial charge in [0.2, 0.25) is 5.88 Å². The fourth-order valence-electron chi connectivity index (χ4n) is 2.07. The van der Waals surface area contributed by atoms with Crippen LogP contribution in [-0.2, 0) is 0 Å². The second-order valence-corrected chi connectivity index (χ2v) is 4.64. The molecule has 0 unspecified atom stereocenters. The van der Waals surface area contributed by atoms with Crippen molar-refractivity contribution in [1.29, 1.82) is 0 Å². The zero-order valence-electron chi connectivity index (χ0n) is 10.3. The van der Waals surface area contributed by atoms with Crippen molar-refractivity contribution in [3.8, 4) is 22.4 Å². The Morgan fingerprint density at radius 2 is 1.75 bits per heavy atom. The predicted molar refractivity (Wildman–Crippen MR) is 76.8 cm³/mol. The standard InChI is InChI=1S/C15H10ClFN2O/c16-10-7-4-8-11(17)12(10)13-14(19-20-15(13)18)9-5-2-1-3-6-9/h1-8H,18H2. The Labute approximate surface area is 119 Å². The third kappa shape index (κ3) is 2.04. The minimum atomic E-state index is -0.468. The van der Waals surface area contributed by atoms with Crippen LogP contribution in [0.2, 0.25) is 5.02 Å². The Morgan fingerprint density at radius 1 is 1.00 bits per heavy atom. The van der Waals surface area contributed by atoms with Gasteiger partial charge in [0.15, 0.2) is 0 Å². The molecule has 1 heterocycles. The number of nitrogens with two attached hydrogens (primary N) is 1. The summed E-state index contributed by atoms with van der Waals surface area (Å²) in [4.78, 5) is 0. The Bertz CT molecular complexity index is 736. The van der Waals surface area contributed by atoms with E-state index in [4.69, 9.17) is 21.9 Å². The first-order valence-electron chi connectivity index (χ1n) is 5.93. The number of benzene rings is 2. The smallest absolute Gasteiger partial charge is 0.230 e. The van der Waals surface area contributed by atoms with E-state index in [2.05, 4.69) is 5.16 Å². The van der Waals surface area contributed by atoms with Crippen LogP contribution in [-0.4, -0.2) is 5.16 Å². The second-order valence-electron chi connectivity index (χ2n) is 4.23. The number of aromatic nitrogens is 1. The van der Waals surface area contributed by atoms with Crippen LogP contribution in [0.3, 0.4) is 0 Å². The number of rotatable bonds is 2. The molecule has 3 rings (SSSR count). The first kappa shape index (κ1) is 12.7. The van der Waals surface area contributed by atoms with Gasteiger partial charge < -0.3 is 10.3 Å². The van der Waals surface area contributed by atoms with Crippen molar-refractivity contribution in [3.05, 3.63) is 59.4 Å². The van der Waals surface area contributed by atoms with Gasteiger partial charge in [-0.2, -0.15) is 0 Å². The SMILES string of the molecule is Nc1onc(-c2ccccc2)c1-c1c(F)cccc1Cl. The third-order valence-electron chi connectivity index (χ3n) is 2.98. The zero-order chi connectivity index (χ0) is 14.1. The van der Waals surface area contributed by atoms with Gasteiger partial charge in [0.05, 0.1) is 10.6 Å². The molecule has 0 saturated carbocycles. The molecule has 0 saturated heterocycles. The largest absolute Gasteiger partial charge is 0.367 e. The first-order valence-corrected chi connectivity index (χ1v) is 6.31. The molecule has 0 aliphatic rings. The predicted octanol–water partition coefficient (Wildman–Crippen LogP) is 4.38. The summed E-state index contributed by atoms with van der Waals surface area (Å²) >= 11 is 6.09. The zero-order valence-corrected chi connectivity index (χ0v) is 11.1. The van der Waals surface area contributed by atoms with Crippen molar-refractivity contribution in [2.45, 2.75) is 0 Å². The lowest BCUT2D eigenvalue weighted by molar-refractivity contribution is 0.439. The molecular weight excluding hydrogens is 279 g/mol. The quantitative estimate of drug-likeness (QED) is 0.761. The monoisotopic (exact) mass is 288 g/mol. The van der Waals surface area contributed by atoms with Crippen LogP contribution in [0.5, 0.6) is 0 Å². The van der Waals surface area contributed by atoms with Gasteiger partial charge in [-0.3, -0.25) is 0 Å². The molecule has 0 aliphatic carbocycles. The fourth-order valence-corrected chi connectivity index (χ4v) is 2.33. The van der Waals surface area contributed by atoms with Gasteiger partial charge in [0.25, 0.3) is 0 Å². The molecule has 0 fully saturated rings. The molecule has 2 aromatic carbocycles. The Kier molecular flexibility index (Phi) is 3.16. The highest BCUT2D eigenvalue weighted by atomic mass is 35.5. The summed E-state index contributed by atoms with van der Waals surface area (Å²) in [5.41, 5.74) is 7.62. The molecule has 3 nitrogen and oxygen atoms in total. The number of nitrogens with zero attached hydrogens (tertiary/aromatic N) is 1.